The summed E-state index contributed by atoms with van der Waals surface area (Å²) in [6.45, 7) is 4.67. The van der Waals surface area contributed by atoms with Gasteiger partial charge in [-0.15, -0.1) is 10.2 Å². The molecule has 1 heterocycles. The van der Waals surface area contributed by atoms with Crippen molar-refractivity contribution in [3.05, 3.63) is 72.4 Å². The number of para-hydroxylation sites is 2. The second-order valence-electron chi connectivity index (χ2n) is 6.68. The molecule has 1 aliphatic heterocycles. The van der Waals surface area contributed by atoms with Crippen LogP contribution >= 0.6 is 0 Å². The highest BCUT2D eigenvalue weighted by atomic mass is 35.7. The van der Waals surface area contributed by atoms with Gasteiger partial charge >= 0.3 is 0 Å². The summed E-state index contributed by atoms with van der Waals surface area (Å²) in [5, 5.41) is 3.36. The second-order valence-corrected chi connectivity index (χ2v) is 7.43. The number of fused-ring (bicyclic) bond motifs is 1. The van der Waals surface area contributed by atoms with Crippen molar-refractivity contribution in [2.75, 3.05) is 12.4 Å². The lowest BCUT2D eigenvalue weighted by atomic mass is 9.80. The lowest BCUT2D eigenvalue weighted by molar-refractivity contribution is -2.00. The molecule has 2 aromatic carbocycles. The average Bonchev–Trinajstić information content (AvgIpc) is 2.75. The first-order valence-electron chi connectivity index (χ1n) is 8.14. The Hall–Kier alpha value is -1.93. The van der Waals surface area contributed by atoms with Crippen LogP contribution in [0.5, 0.6) is 0 Å². The van der Waals surface area contributed by atoms with Gasteiger partial charge in [0.25, 0.3) is 0 Å². The van der Waals surface area contributed by atoms with Crippen molar-refractivity contribution >= 4 is 11.4 Å². The SMILES string of the molecule is C[NH+]1c2ccccc2C(C)(C)C1/C=C/Nc1ccccc1.[O-][Cl+3]([O-])([O-])[O-]. The summed E-state index contributed by atoms with van der Waals surface area (Å²) in [4.78, 5) is 1.46. The fourth-order valence-electron chi connectivity index (χ4n) is 3.43. The number of hydrogen-bond acceptors (Lipinski definition) is 5. The molecule has 7 heteroatoms. The van der Waals surface area contributed by atoms with Crippen LogP contribution in [0.3, 0.4) is 0 Å². The van der Waals surface area contributed by atoms with Crippen LogP contribution in [0.2, 0.25) is 0 Å². The number of rotatable bonds is 3. The molecule has 0 spiro atoms. The van der Waals surface area contributed by atoms with Crippen LogP contribution in [0, 0.1) is 10.2 Å². The van der Waals surface area contributed by atoms with E-state index in [0.717, 1.165) is 5.69 Å². The summed E-state index contributed by atoms with van der Waals surface area (Å²) in [6, 6.07) is 19.5. The highest BCUT2D eigenvalue weighted by molar-refractivity contribution is 5.50. The van der Waals surface area contributed by atoms with E-state index in [1.54, 1.807) is 0 Å². The molecule has 1 aliphatic rings. The first-order valence-corrected chi connectivity index (χ1v) is 9.37. The molecule has 0 fully saturated rings. The molecule has 26 heavy (non-hydrogen) atoms. The van der Waals surface area contributed by atoms with Crippen LogP contribution in [-0.4, -0.2) is 13.1 Å². The van der Waals surface area contributed by atoms with Crippen molar-refractivity contribution in [1.82, 2.24) is 0 Å². The van der Waals surface area contributed by atoms with Crippen LogP contribution < -0.4 is 28.9 Å². The molecule has 3 rings (SSSR count). The molecule has 2 unspecified atom stereocenters. The third-order valence-electron chi connectivity index (χ3n) is 4.60. The Labute approximate surface area is 155 Å². The van der Waals surface area contributed by atoms with Crippen LogP contribution in [0.4, 0.5) is 11.4 Å². The average molecular weight is 379 g/mol. The molecule has 0 aliphatic carbocycles. The quantitative estimate of drug-likeness (QED) is 0.666. The van der Waals surface area contributed by atoms with Crippen molar-refractivity contribution in [3.8, 4) is 0 Å². The van der Waals surface area contributed by atoms with E-state index >= 15 is 0 Å². The number of quaternary nitrogens is 1. The van der Waals surface area contributed by atoms with Gasteiger partial charge in [0, 0.05) is 17.5 Å². The minimum atomic E-state index is -4.94. The highest BCUT2D eigenvalue weighted by Crippen LogP contribution is 2.36. The van der Waals surface area contributed by atoms with Gasteiger partial charge in [-0.25, -0.2) is 18.6 Å². The number of nitrogens with one attached hydrogen (secondary N) is 2. The zero-order valence-electron chi connectivity index (χ0n) is 14.9. The topological polar surface area (TPSA) is 109 Å². The van der Waals surface area contributed by atoms with Crippen LogP contribution in [0.1, 0.15) is 19.4 Å². The van der Waals surface area contributed by atoms with Gasteiger partial charge in [-0.3, -0.25) is 4.90 Å². The third kappa shape index (κ3) is 5.28. The molecular weight excluding hydrogens is 356 g/mol. The van der Waals surface area contributed by atoms with E-state index in [9.17, 15) is 0 Å². The minimum Gasteiger partial charge on any atom is -0.362 e. The van der Waals surface area contributed by atoms with Gasteiger partial charge in [0.2, 0.25) is 0 Å². The fourth-order valence-corrected chi connectivity index (χ4v) is 3.43. The van der Waals surface area contributed by atoms with Gasteiger partial charge in [-0.1, -0.05) is 36.4 Å². The number of halogens is 1. The summed E-state index contributed by atoms with van der Waals surface area (Å²) in [7, 11) is -2.69. The molecule has 0 saturated heterocycles. The maximum absolute atomic E-state index is 8.49. The van der Waals surface area contributed by atoms with Crippen LogP contribution in [0.25, 0.3) is 0 Å². The highest BCUT2D eigenvalue weighted by Gasteiger charge is 2.45. The number of anilines is 1. The summed E-state index contributed by atoms with van der Waals surface area (Å²) in [5.41, 5.74) is 4.14. The maximum atomic E-state index is 8.49. The Bertz CT molecular complexity index is 739. The zero-order valence-corrected chi connectivity index (χ0v) is 15.7. The smallest absolute Gasteiger partial charge is 0.135 e. The predicted molar refractivity (Wildman–Crippen MR) is 89.0 cm³/mol. The fraction of sp³-hybridized carbons (Fsp3) is 0.263. The Morgan fingerprint density at radius 1 is 0.962 bits per heavy atom. The van der Waals surface area contributed by atoms with Crippen LogP contribution in [-0.2, 0) is 5.41 Å². The lowest BCUT2D eigenvalue weighted by Gasteiger charge is -2.25. The van der Waals surface area contributed by atoms with Gasteiger partial charge in [0.05, 0.1) is 12.5 Å². The first kappa shape index (κ1) is 20.4. The summed E-state index contributed by atoms with van der Waals surface area (Å²) in [6.07, 6.45) is 4.37. The monoisotopic (exact) mass is 378 g/mol. The van der Waals surface area contributed by atoms with Crippen molar-refractivity contribution in [2.45, 2.75) is 25.3 Å². The molecule has 0 amide bonds. The van der Waals surface area contributed by atoms with Gasteiger partial charge in [-0.2, -0.15) is 0 Å². The zero-order chi connectivity index (χ0) is 19.4. The molecule has 0 saturated carbocycles. The predicted octanol–water partition coefficient (Wildman–Crippen LogP) is -1.64. The normalized spacial score (nSPS) is 21.0. The van der Waals surface area contributed by atoms with E-state index in [0.29, 0.717) is 6.04 Å². The number of hydrogen-bond donors (Lipinski definition) is 2. The molecule has 0 aromatic heterocycles. The molecule has 0 bridgehead atoms. The van der Waals surface area contributed by atoms with Gasteiger partial charge < -0.3 is 5.32 Å². The molecule has 2 aromatic rings. The van der Waals surface area contributed by atoms with Gasteiger partial charge in [0.15, 0.2) is 0 Å². The standard InChI is InChI=1S/C19H22N2.ClHO4/c1-19(2)16-11-7-8-12-17(16)21(3)18(19)13-14-20-15-9-5-4-6-10-15;2-1(3,4)5/h4-14,18,20H,1-3H3;(H,2,3,4,5)/b14-13+;. The second kappa shape index (κ2) is 8.18. The molecule has 2 N–H and O–H groups in total. The van der Waals surface area contributed by atoms with E-state index < -0.39 is 10.2 Å². The Kier molecular flexibility index (Phi) is 6.41. The Morgan fingerprint density at radius 3 is 2.08 bits per heavy atom. The largest absolute Gasteiger partial charge is 0.362 e. The minimum absolute atomic E-state index is 0.148. The lowest BCUT2D eigenvalue weighted by Crippen LogP contribution is -3.07. The van der Waals surface area contributed by atoms with E-state index in [2.05, 4.69) is 74.9 Å². The summed E-state index contributed by atoms with van der Waals surface area (Å²) < 4.78 is 34.0. The molecule has 0 radical (unpaired) electrons. The van der Waals surface area contributed by atoms with E-state index in [-0.39, 0.29) is 5.41 Å². The Balaban J connectivity index is 0.000000431. The third-order valence-corrected chi connectivity index (χ3v) is 4.60. The van der Waals surface area contributed by atoms with Crippen molar-refractivity contribution in [2.24, 2.45) is 0 Å². The van der Waals surface area contributed by atoms with E-state index in [1.807, 2.05) is 18.2 Å². The van der Waals surface area contributed by atoms with Crippen LogP contribution in [0.15, 0.2) is 66.9 Å². The van der Waals surface area contributed by atoms with Crippen molar-refractivity contribution in [3.63, 3.8) is 0 Å². The summed E-state index contributed by atoms with van der Waals surface area (Å²) >= 11 is 0. The van der Waals surface area contributed by atoms with Crippen molar-refractivity contribution in [1.29, 1.82) is 0 Å². The molecular formula is C19H23ClN2O4. The molecule has 6 nitrogen and oxygen atoms in total. The van der Waals surface area contributed by atoms with Crippen molar-refractivity contribution < 1.29 is 33.8 Å². The summed E-state index contributed by atoms with van der Waals surface area (Å²) in [5.74, 6) is 0. The maximum Gasteiger partial charge on any atom is 0.135 e. The van der Waals surface area contributed by atoms with Gasteiger partial charge in [-0.05, 0) is 38.1 Å². The Morgan fingerprint density at radius 2 is 1.50 bits per heavy atom. The molecule has 140 valence electrons. The molecule has 2 atom stereocenters. The number of benzene rings is 2. The van der Waals surface area contributed by atoms with E-state index in [4.69, 9.17) is 18.6 Å². The number of likely N-dealkylation sites (N-methyl/N-ethyl adjacent to an activating group) is 1. The van der Waals surface area contributed by atoms with E-state index in [1.165, 1.54) is 16.2 Å². The first-order chi connectivity index (χ1) is 12.1. The van der Waals surface area contributed by atoms with Gasteiger partial charge in [0.1, 0.15) is 11.7 Å².